The van der Waals surface area contributed by atoms with Crippen molar-refractivity contribution in [3.63, 3.8) is 0 Å². The minimum atomic E-state index is -0.219. The second kappa shape index (κ2) is 6.49. The highest BCUT2D eigenvalue weighted by atomic mass is 35.5. The Morgan fingerprint density at radius 3 is 2.52 bits per heavy atom. The van der Waals surface area contributed by atoms with Crippen LogP contribution in [0.25, 0.3) is 11.1 Å². The zero-order valence-electron chi connectivity index (χ0n) is 12.3. The lowest BCUT2D eigenvalue weighted by molar-refractivity contribution is 0.102. The molecule has 0 unspecified atom stereocenters. The standard InChI is InChI=1S/C18H13Cl2NO2/c1-11-13(8-9-23-11)18(22)21-17-5-3-2-4-14(17)12-6-7-15(19)16(20)10-12/h2-10H,1H3,(H,21,22). The summed E-state index contributed by atoms with van der Waals surface area (Å²) in [6.07, 6.45) is 1.50. The van der Waals surface area contributed by atoms with E-state index < -0.39 is 0 Å². The van der Waals surface area contributed by atoms with Gasteiger partial charge >= 0.3 is 0 Å². The van der Waals surface area contributed by atoms with E-state index >= 15 is 0 Å². The Kier molecular flexibility index (Phi) is 4.42. The maximum Gasteiger partial charge on any atom is 0.259 e. The van der Waals surface area contributed by atoms with Crippen LogP contribution in [0.4, 0.5) is 5.69 Å². The zero-order valence-corrected chi connectivity index (χ0v) is 13.8. The van der Waals surface area contributed by atoms with Gasteiger partial charge in [0.05, 0.1) is 21.9 Å². The quantitative estimate of drug-likeness (QED) is 0.650. The van der Waals surface area contributed by atoms with Crippen LogP contribution < -0.4 is 5.32 Å². The van der Waals surface area contributed by atoms with Crippen LogP contribution in [0.3, 0.4) is 0 Å². The zero-order chi connectivity index (χ0) is 16.4. The summed E-state index contributed by atoms with van der Waals surface area (Å²) < 4.78 is 5.17. The number of carbonyl (C=O) groups excluding carboxylic acids is 1. The van der Waals surface area contributed by atoms with Crippen molar-refractivity contribution < 1.29 is 9.21 Å². The number of nitrogens with one attached hydrogen (secondary N) is 1. The van der Waals surface area contributed by atoms with Gasteiger partial charge in [0, 0.05) is 11.3 Å². The van der Waals surface area contributed by atoms with Crippen LogP contribution in [0.1, 0.15) is 16.1 Å². The van der Waals surface area contributed by atoms with Gasteiger partial charge in [-0.05, 0) is 36.8 Å². The third kappa shape index (κ3) is 3.26. The lowest BCUT2D eigenvalue weighted by Gasteiger charge is -2.11. The van der Waals surface area contributed by atoms with E-state index in [1.807, 2.05) is 30.3 Å². The molecule has 5 heteroatoms. The lowest BCUT2D eigenvalue weighted by atomic mass is 10.0. The summed E-state index contributed by atoms with van der Waals surface area (Å²) in [5.74, 6) is 0.360. The van der Waals surface area contributed by atoms with E-state index in [4.69, 9.17) is 27.6 Å². The van der Waals surface area contributed by atoms with Crippen LogP contribution in [0.15, 0.2) is 59.2 Å². The summed E-state index contributed by atoms with van der Waals surface area (Å²) >= 11 is 12.1. The first kappa shape index (κ1) is 15.7. The number of benzene rings is 2. The van der Waals surface area contributed by atoms with Gasteiger partial charge in [-0.3, -0.25) is 4.79 Å². The Morgan fingerprint density at radius 1 is 1.04 bits per heavy atom. The van der Waals surface area contributed by atoms with Crippen molar-refractivity contribution in [3.8, 4) is 11.1 Å². The maximum absolute atomic E-state index is 12.4. The number of hydrogen-bond donors (Lipinski definition) is 1. The molecule has 0 saturated heterocycles. The Morgan fingerprint density at radius 2 is 1.83 bits per heavy atom. The van der Waals surface area contributed by atoms with Crippen molar-refractivity contribution in [2.45, 2.75) is 6.92 Å². The Hall–Kier alpha value is -2.23. The number of furan rings is 1. The minimum absolute atomic E-state index is 0.219. The highest BCUT2D eigenvalue weighted by Crippen LogP contribution is 2.33. The summed E-state index contributed by atoms with van der Waals surface area (Å²) in [5, 5.41) is 3.87. The molecule has 1 aromatic heterocycles. The fourth-order valence-corrected chi connectivity index (χ4v) is 2.62. The van der Waals surface area contributed by atoms with Crippen molar-refractivity contribution in [3.05, 3.63) is 76.2 Å². The molecule has 1 amide bonds. The molecule has 3 aromatic rings. The number of aryl methyl sites for hydroxylation is 1. The normalized spacial score (nSPS) is 10.6. The predicted octanol–water partition coefficient (Wildman–Crippen LogP) is 5.81. The fourth-order valence-electron chi connectivity index (χ4n) is 2.32. The Balaban J connectivity index is 1.96. The molecule has 23 heavy (non-hydrogen) atoms. The van der Waals surface area contributed by atoms with Crippen LogP contribution in [0.5, 0.6) is 0 Å². The van der Waals surface area contributed by atoms with Gasteiger partial charge < -0.3 is 9.73 Å². The summed E-state index contributed by atoms with van der Waals surface area (Å²) in [6.45, 7) is 1.75. The molecule has 0 aliphatic carbocycles. The number of amides is 1. The fraction of sp³-hybridized carbons (Fsp3) is 0.0556. The molecule has 0 spiro atoms. The van der Waals surface area contributed by atoms with Gasteiger partial charge in [-0.1, -0.05) is 47.5 Å². The highest BCUT2D eigenvalue weighted by molar-refractivity contribution is 6.42. The van der Waals surface area contributed by atoms with Crippen molar-refractivity contribution in [1.29, 1.82) is 0 Å². The van der Waals surface area contributed by atoms with E-state index in [2.05, 4.69) is 5.32 Å². The molecule has 2 aromatic carbocycles. The molecule has 0 bridgehead atoms. The molecule has 1 N–H and O–H groups in total. The summed E-state index contributed by atoms with van der Waals surface area (Å²) in [7, 11) is 0. The molecule has 0 fully saturated rings. The van der Waals surface area contributed by atoms with Crippen molar-refractivity contribution in [2.75, 3.05) is 5.32 Å². The number of halogens is 2. The second-order valence-electron chi connectivity index (χ2n) is 5.02. The van der Waals surface area contributed by atoms with Gasteiger partial charge in [0.25, 0.3) is 5.91 Å². The van der Waals surface area contributed by atoms with Gasteiger partial charge in [0.15, 0.2) is 0 Å². The SMILES string of the molecule is Cc1occc1C(=O)Nc1ccccc1-c1ccc(Cl)c(Cl)c1. The molecule has 0 aliphatic rings. The number of hydrogen-bond acceptors (Lipinski definition) is 2. The highest BCUT2D eigenvalue weighted by Gasteiger charge is 2.14. The largest absolute Gasteiger partial charge is 0.469 e. The average molecular weight is 346 g/mol. The first-order chi connectivity index (χ1) is 11.1. The molecule has 1 heterocycles. The second-order valence-corrected chi connectivity index (χ2v) is 5.83. The lowest BCUT2D eigenvalue weighted by Crippen LogP contribution is -2.12. The molecule has 0 saturated carbocycles. The van der Waals surface area contributed by atoms with Crippen molar-refractivity contribution in [2.24, 2.45) is 0 Å². The molecule has 0 aliphatic heterocycles. The Labute approximate surface area is 143 Å². The topological polar surface area (TPSA) is 42.2 Å². The molecular weight excluding hydrogens is 333 g/mol. The molecule has 3 rings (SSSR count). The van der Waals surface area contributed by atoms with Crippen LogP contribution in [0, 0.1) is 6.92 Å². The van der Waals surface area contributed by atoms with Crippen LogP contribution in [0.2, 0.25) is 10.0 Å². The van der Waals surface area contributed by atoms with E-state index in [1.165, 1.54) is 6.26 Å². The van der Waals surface area contributed by atoms with Crippen LogP contribution in [-0.2, 0) is 0 Å². The number of para-hydroxylation sites is 1. The van der Waals surface area contributed by atoms with E-state index in [9.17, 15) is 4.79 Å². The number of rotatable bonds is 3. The van der Waals surface area contributed by atoms with Crippen molar-refractivity contribution >= 4 is 34.8 Å². The third-order valence-electron chi connectivity index (χ3n) is 3.51. The molecule has 3 nitrogen and oxygen atoms in total. The van der Waals surface area contributed by atoms with Gasteiger partial charge in [0.1, 0.15) is 5.76 Å². The van der Waals surface area contributed by atoms with E-state index in [0.717, 1.165) is 11.1 Å². The number of carbonyl (C=O) groups is 1. The molecule has 116 valence electrons. The van der Waals surface area contributed by atoms with Gasteiger partial charge in [-0.25, -0.2) is 0 Å². The van der Waals surface area contributed by atoms with E-state index in [0.29, 0.717) is 27.1 Å². The minimum Gasteiger partial charge on any atom is -0.469 e. The predicted molar refractivity (Wildman–Crippen MR) is 93.3 cm³/mol. The van der Waals surface area contributed by atoms with Gasteiger partial charge in [0.2, 0.25) is 0 Å². The van der Waals surface area contributed by atoms with Gasteiger partial charge in [-0.15, -0.1) is 0 Å². The van der Waals surface area contributed by atoms with Crippen LogP contribution >= 0.6 is 23.2 Å². The van der Waals surface area contributed by atoms with E-state index in [-0.39, 0.29) is 5.91 Å². The average Bonchev–Trinajstić information content (AvgIpc) is 2.97. The molecular formula is C18H13Cl2NO2. The maximum atomic E-state index is 12.4. The number of anilines is 1. The third-order valence-corrected chi connectivity index (χ3v) is 4.25. The molecule has 0 radical (unpaired) electrons. The smallest absolute Gasteiger partial charge is 0.259 e. The summed E-state index contributed by atoms with van der Waals surface area (Å²) in [5.41, 5.74) is 2.94. The monoisotopic (exact) mass is 345 g/mol. The summed E-state index contributed by atoms with van der Waals surface area (Å²) in [4.78, 5) is 12.4. The molecule has 0 atom stereocenters. The first-order valence-electron chi connectivity index (χ1n) is 6.96. The Bertz CT molecular complexity index is 871. The van der Waals surface area contributed by atoms with Gasteiger partial charge in [-0.2, -0.15) is 0 Å². The first-order valence-corrected chi connectivity index (χ1v) is 7.72. The van der Waals surface area contributed by atoms with Crippen LogP contribution in [-0.4, -0.2) is 5.91 Å². The van der Waals surface area contributed by atoms with Crippen molar-refractivity contribution in [1.82, 2.24) is 0 Å². The van der Waals surface area contributed by atoms with E-state index in [1.54, 1.807) is 25.1 Å². The summed E-state index contributed by atoms with van der Waals surface area (Å²) in [6, 6.07) is 14.5.